The minimum Gasteiger partial charge on any atom is -0.475 e. The fraction of sp³-hybridized carbons (Fsp3) is 0.667. The van der Waals surface area contributed by atoms with Crippen molar-refractivity contribution in [3.63, 3.8) is 0 Å². The summed E-state index contributed by atoms with van der Waals surface area (Å²) in [5.74, 6) is 0.568. The van der Waals surface area contributed by atoms with Gasteiger partial charge in [0.2, 0.25) is 5.88 Å². The quantitative estimate of drug-likeness (QED) is 0.857. The van der Waals surface area contributed by atoms with Crippen molar-refractivity contribution in [2.75, 3.05) is 13.1 Å². The highest BCUT2D eigenvalue weighted by molar-refractivity contribution is 5.11. The molecule has 5 heteroatoms. The van der Waals surface area contributed by atoms with E-state index in [0.29, 0.717) is 11.9 Å². The average molecular weight is 237 g/mol. The molecule has 94 valence electrons. The number of ether oxygens (including phenoxy) is 2. The highest BCUT2D eigenvalue weighted by atomic mass is 16.5. The zero-order chi connectivity index (χ0) is 12.1. The van der Waals surface area contributed by atoms with E-state index in [1.165, 1.54) is 0 Å². The van der Waals surface area contributed by atoms with Gasteiger partial charge in [-0.15, -0.1) is 0 Å². The van der Waals surface area contributed by atoms with Crippen molar-refractivity contribution in [3.8, 4) is 11.9 Å². The first-order valence-corrected chi connectivity index (χ1v) is 6.11. The molecule has 0 atom stereocenters. The molecule has 0 radical (unpaired) electrons. The normalized spacial score (nSPS) is 17.1. The van der Waals surface area contributed by atoms with Crippen LogP contribution in [0.2, 0.25) is 0 Å². The summed E-state index contributed by atoms with van der Waals surface area (Å²) in [5.41, 5.74) is 0. The third-order valence-corrected chi connectivity index (χ3v) is 2.52. The SMILES string of the molecule is CC(C)Oc1ccnc(OC2CCNCC2)n1. The van der Waals surface area contributed by atoms with Crippen LogP contribution >= 0.6 is 0 Å². The standard InChI is InChI=1S/C12H19N3O2/c1-9(2)16-11-5-8-14-12(15-11)17-10-3-6-13-7-4-10/h5,8-10,13H,3-4,6-7H2,1-2H3. The minimum absolute atomic E-state index is 0.108. The maximum atomic E-state index is 5.74. The van der Waals surface area contributed by atoms with E-state index in [1.807, 2.05) is 13.8 Å². The first kappa shape index (κ1) is 12.1. The number of aromatic nitrogens is 2. The molecule has 0 saturated carbocycles. The molecule has 2 heterocycles. The summed E-state index contributed by atoms with van der Waals surface area (Å²) >= 11 is 0. The van der Waals surface area contributed by atoms with Gasteiger partial charge in [-0.3, -0.25) is 0 Å². The lowest BCUT2D eigenvalue weighted by molar-refractivity contribution is 0.145. The Morgan fingerprint density at radius 2 is 2.12 bits per heavy atom. The van der Waals surface area contributed by atoms with E-state index in [0.717, 1.165) is 25.9 Å². The van der Waals surface area contributed by atoms with E-state index in [1.54, 1.807) is 12.3 Å². The van der Waals surface area contributed by atoms with Crippen LogP contribution in [0.5, 0.6) is 11.9 Å². The molecule has 1 saturated heterocycles. The Hall–Kier alpha value is -1.36. The third-order valence-electron chi connectivity index (χ3n) is 2.52. The molecule has 1 aromatic rings. The van der Waals surface area contributed by atoms with Gasteiger partial charge in [0, 0.05) is 12.3 Å². The largest absolute Gasteiger partial charge is 0.475 e. The second kappa shape index (κ2) is 5.82. The molecule has 0 spiro atoms. The maximum Gasteiger partial charge on any atom is 0.319 e. The van der Waals surface area contributed by atoms with Crippen molar-refractivity contribution in [1.29, 1.82) is 0 Å². The van der Waals surface area contributed by atoms with Gasteiger partial charge in [0.05, 0.1) is 6.10 Å². The van der Waals surface area contributed by atoms with Gasteiger partial charge in [-0.2, -0.15) is 4.98 Å². The Kier molecular flexibility index (Phi) is 4.14. The average Bonchev–Trinajstić information content (AvgIpc) is 2.30. The monoisotopic (exact) mass is 237 g/mol. The van der Waals surface area contributed by atoms with Crippen LogP contribution < -0.4 is 14.8 Å². The lowest BCUT2D eigenvalue weighted by Crippen LogP contribution is -2.34. The molecular weight excluding hydrogens is 218 g/mol. The van der Waals surface area contributed by atoms with Crippen LogP contribution in [0.3, 0.4) is 0 Å². The van der Waals surface area contributed by atoms with Gasteiger partial charge < -0.3 is 14.8 Å². The zero-order valence-corrected chi connectivity index (χ0v) is 10.3. The van der Waals surface area contributed by atoms with E-state index in [9.17, 15) is 0 Å². The molecule has 1 N–H and O–H groups in total. The summed E-state index contributed by atoms with van der Waals surface area (Å²) in [6, 6.07) is 2.16. The van der Waals surface area contributed by atoms with Crippen LogP contribution in [0.4, 0.5) is 0 Å². The predicted octanol–water partition coefficient (Wildman–Crippen LogP) is 1.39. The Balaban J connectivity index is 1.95. The van der Waals surface area contributed by atoms with Crippen molar-refractivity contribution >= 4 is 0 Å². The molecule has 1 aromatic heterocycles. The first-order valence-electron chi connectivity index (χ1n) is 6.11. The van der Waals surface area contributed by atoms with Crippen molar-refractivity contribution in [2.24, 2.45) is 0 Å². The van der Waals surface area contributed by atoms with E-state index in [-0.39, 0.29) is 12.2 Å². The predicted molar refractivity (Wildman–Crippen MR) is 64.3 cm³/mol. The van der Waals surface area contributed by atoms with E-state index in [4.69, 9.17) is 9.47 Å². The first-order chi connectivity index (χ1) is 8.24. The zero-order valence-electron chi connectivity index (χ0n) is 10.3. The van der Waals surface area contributed by atoms with Crippen LogP contribution in [0.25, 0.3) is 0 Å². The van der Waals surface area contributed by atoms with Crippen molar-refractivity contribution in [1.82, 2.24) is 15.3 Å². The van der Waals surface area contributed by atoms with Crippen LogP contribution in [0.1, 0.15) is 26.7 Å². The van der Waals surface area contributed by atoms with Crippen LogP contribution in [-0.2, 0) is 0 Å². The molecule has 1 fully saturated rings. The highest BCUT2D eigenvalue weighted by Gasteiger charge is 2.16. The topological polar surface area (TPSA) is 56.3 Å². The number of piperidine rings is 1. The summed E-state index contributed by atoms with van der Waals surface area (Å²) in [6.07, 6.45) is 3.99. The molecule has 0 bridgehead atoms. The van der Waals surface area contributed by atoms with Crippen molar-refractivity contribution in [3.05, 3.63) is 12.3 Å². The molecule has 1 aliphatic heterocycles. The van der Waals surface area contributed by atoms with Gasteiger partial charge in [-0.1, -0.05) is 0 Å². The van der Waals surface area contributed by atoms with Gasteiger partial charge >= 0.3 is 6.01 Å². The fourth-order valence-corrected chi connectivity index (χ4v) is 1.75. The molecule has 5 nitrogen and oxygen atoms in total. The van der Waals surface area contributed by atoms with Crippen molar-refractivity contribution in [2.45, 2.75) is 38.9 Å². The number of nitrogens with zero attached hydrogens (tertiary/aromatic N) is 2. The Morgan fingerprint density at radius 3 is 2.82 bits per heavy atom. The van der Waals surface area contributed by atoms with E-state index >= 15 is 0 Å². The molecule has 1 aliphatic rings. The lowest BCUT2D eigenvalue weighted by atomic mass is 10.1. The summed E-state index contributed by atoms with van der Waals surface area (Å²) < 4.78 is 11.2. The summed E-state index contributed by atoms with van der Waals surface area (Å²) in [6.45, 7) is 5.92. The smallest absolute Gasteiger partial charge is 0.319 e. The van der Waals surface area contributed by atoms with E-state index in [2.05, 4.69) is 15.3 Å². The van der Waals surface area contributed by atoms with Crippen molar-refractivity contribution < 1.29 is 9.47 Å². The molecule has 0 aromatic carbocycles. The maximum absolute atomic E-state index is 5.74. The van der Waals surface area contributed by atoms with Gasteiger partial charge in [-0.05, 0) is 39.8 Å². The fourth-order valence-electron chi connectivity index (χ4n) is 1.75. The van der Waals surface area contributed by atoms with E-state index < -0.39 is 0 Å². The third kappa shape index (κ3) is 3.85. The Morgan fingerprint density at radius 1 is 1.35 bits per heavy atom. The molecule has 2 rings (SSSR count). The second-order valence-electron chi connectivity index (χ2n) is 4.41. The number of nitrogens with one attached hydrogen (secondary N) is 1. The Bertz CT molecular complexity index is 351. The molecule has 0 unspecified atom stereocenters. The number of hydrogen-bond donors (Lipinski definition) is 1. The number of hydrogen-bond acceptors (Lipinski definition) is 5. The Labute approximate surface area is 102 Å². The summed E-state index contributed by atoms with van der Waals surface area (Å²) in [5, 5.41) is 3.29. The van der Waals surface area contributed by atoms with Crippen LogP contribution in [0.15, 0.2) is 12.3 Å². The molecular formula is C12H19N3O2. The summed E-state index contributed by atoms with van der Waals surface area (Å²) in [7, 11) is 0. The highest BCUT2D eigenvalue weighted by Crippen LogP contribution is 2.15. The summed E-state index contributed by atoms with van der Waals surface area (Å²) in [4.78, 5) is 8.34. The van der Waals surface area contributed by atoms with Gasteiger partial charge in [0.15, 0.2) is 0 Å². The lowest BCUT2D eigenvalue weighted by Gasteiger charge is -2.22. The molecule has 0 amide bonds. The molecule has 17 heavy (non-hydrogen) atoms. The van der Waals surface area contributed by atoms with Crippen LogP contribution in [0, 0.1) is 0 Å². The van der Waals surface area contributed by atoms with Gasteiger partial charge in [0.25, 0.3) is 0 Å². The van der Waals surface area contributed by atoms with Gasteiger partial charge in [-0.25, -0.2) is 4.98 Å². The molecule has 0 aliphatic carbocycles. The second-order valence-corrected chi connectivity index (χ2v) is 4.41. The van der Waals surface area contributed by atoms with Crippen LogP contribution in [-0.4, -0.2) is 35.3 Å². The minimum atomic E-state index is 0.108. The number of rotatable bonds is 4. The van der Waals surface area contributed by atoms with Gasteiger partial charge in [0.1, 0.15) is 6.10 Å².